The topological polar surface area (TPSA) is 17.1 Å². The zero-order valence-electron chi connectivity index (χ0n) is 11.6. The van der Waals surface area contributed by atoms with Crippen LogP contribution in [0.1, 0.15) is 46.4 Å². The number of carbonyl (C=O) groups is 1. The van der Waals surface area contributed by atoms with Crippen LogP contribution >= 0.6 is 27.3 Å². The lowest BCUT2D eigenvalue weighted by Gasteiger charge is -2.15. The minimum atomic E-state index is 0.0928. The largest absolute Gasteiger partial charge is 0.288 e. The Balaban J connectivity index is 2.40. The van der Waals surface area contributed by atoms with E-state index in [9.17, 15) is 4.79 Å². The van der Waals surface area contributed by atoms with Crippen molar-refractivity contribution in [1.29, 1.82) is 0 Å². The van der Waals surface area contributed by atoms with Crippen LogP contribution in [0.25, 0.3) is 0 Å². The number of thiophene rings is 1. The van der Waals surface area contributed by atoms with Gasteiger partial charge in [0.1, 0.15) is 0 Å². The molecule has 2 rings (SSSR count). The summed E-state index contributed by atoms with van der Waals surface area (Å²) in [6.45, 7) is 8.46. The molecule has 0 N–H and O–H groups in total. The Bertz CT molecular complexity index is 620. The second-order valence-corrected chi connectivity index (χ2v) is 7.59. The van der Waals surface area contributed by atoms with Gasteiger partial charge in [-0.25, -0.2) is 0 Å². The highest BCUT2D eigenvalue weighted by Crippen LogP contribution is 2.31. The third-order valence-corrected chi connectivity index (χ3v) is 5.45. The number of rotatable bonds is 2. The Morgan fingerprint density at radius 1 is 1.16 bits per heavy atom. The van der Waals surface area contributed by atoms with Gasteiger partial charge in [0, 0.05) is 14.9 Å². The Labute approximate surface area is 126 Å². The fraction of sp³-hybridized carbons (Fsp3) is 0.312. The molecule has 0 aliphatic rings. The summed E-state index contributed by atoms with van der Waals surface area (Å²) in [6.07, 6.45) is 0. The number of benzene rings is 1. The SMILES string of the molecule is Cc1c(Br)cccc1C(=O)c1ccc(C(C)(C)C)s1. The van der Waals surface area contributed by atoms with Gasteiger partial charge >= 0.3 is 0 Å². The Morgan fingerprint density at radius 3 is 2.42 bits per heavy atom. The third kappa shape index (κ3) is 2.98. The molecule has 1 aromatic heterocycles. The number of hydrogen-bond donors (Lipinski definition) is 0. The van der Waals surface area contributed by atoms with Gasteiger partial charge in [-0.05, 0) is 36.1 Å². The van der Waals surface area contributed by atoms with Crippen molar-refractivity contribution in [3.63, 3.8) is 0 Å². The lowest BCUT2D eigenvalue weighted by molar-refractivity contribution is 0.104. The first-order chi connectivity index (χ1) is 8.80. The monoisotopic (exact) mass is 336 g/mol. The molecule has 0 amide bonds. The molecule has 1 heterocycles. The lowest BCUT2D eigenvalue weighted by atomic mass is 9.95. The quantitative estimate of drug-likeness (QED) is 0.675. The van der Waals surface area contributed by atoms with E-state index < -0.39 is 0 Å². The molecule has 0 atom stereocenters. The highest BCUT2D eigenvalue weighted by atomic mass is 79.9. The summed E-state index contributed by atoms with van der Waals surface area (Å²) in [7, 11) is 0. The van der Waals surface area contributed by atoms with Gasteiger partial charge < -0.3 is 0 Å². The van der Waals surface area contributed by atoms with Crippen LogP contribution in [0.15, 0.2) is 34.8 Å². The highest BCUT2D eigenvalue weighted by molar-refractivity contribution is 9.10. The maximum absolute atomic E-state index is 12.5. The summed E-state index contributed by atoms with van der Waals surface area (Å²) in [5, 5.41) is 0. The molecule has 0 aliphatic carbocycles. The van der Waals surface area contributed by atoms with E-state index in [-0.39, 0.29) is 11.2 Å². The van der Waals surface area contributed by atoms with E-state index in [2.05, 4.69) is 42.8 Å². The van der Waals surface area contributed by atoms with E-state index in [0.29, 0.717) is 0 Å². The molecule has 0 bridgehead atoms. The predicted molar refractivity (Wildman–Crippen MR) is 85.3 cm³/mol. The van der Waals surface area contributed by atoms with Crippen LogP contribution in [-0.4, -0.2) is 5.78 Å². The molecule has 0 saturated carbocycles. The second-order valence-electron chi connectivity index (χ2n) is 5.66. The van der Waals surface area contributed by atoms with Gasteiger partial charge in [0.25, 0.3) is 0 Å². The first kappa shape index (κ1) is 14.5. The predicted octanol–water partition coefficient (Wildman–Crippen LogP) is 5.35. The standard InChI is InChI=1S/C16H17BrOS/c1-10-11(6-5-7-12(10)17)15(18)13-8-9-14(19-13)16(2,3)4/h5-9H,1-4H3. The van der Waals surface area contributed by atoms with Crippen LogP contribution in [0.3, 0.4) is 0 Å². The first-order valence-electron chi connectivity index (χ1n) is 6.21. The maximum atomic E-state index is 12.5. The summed E-state index contributed by atoms with van der Waals surface area (Å²) >= 11 is 5.07. The fourth-order valence-electron chi connectivity index (χ4n) is 1.85. The molecule has 0 spiro atoms. The van der Waals surface area contributed by atoms with E-state index in [0.717, 1.165) is 20.5 Å². The third-order valence-electron chi connectivity index (χ3n) is 3.08. The van der Waals surface area contributed by atoms with Crippen molar-refractivity contribution in [1.82, 2.24) is 0 Å². The van der Waals surface area contributed by atoms with Crippen LogP contribution in [-0.2, 0) is 5.41 Å². The molecule has 0 aliphatic heterocycles. The van der Waals surface area contributed by atoms with Crippen molar-refractivity contribution >= 4 is 33.0 Å². The van der Waals surface area contributed by atoms with Crippen LogP contribution in [0, 0.1) is 6.92 Å². The van der Waals surface area contributed by atoms with E-state index in [4.69, 9.17) is 0 Å². The van der Waals surface area contributed by atoms with E-state index in [1.807, 2.05) is 31.2 Å². The van der Waals surface area contributed by atoms with Crippen molar-refractivity contribution in [3.05, 3.63) is 55.7 Å². The lowest BCUT2D eigenvalue weighted by Crippen LogP contribution is -2.08. The zero-order chi connectivity index (χ0) is 14.2. The zero-order valence-corrected chi connectivity index (χ0v) is 14.0. The molecule has 1 aromatic carbocycles. The number of halogens is 1. The van der Waals surface area contributed by atoms with Crippen LogP contribution < -0.4 is 0 Å². The van der Waals surface area contributed by atoms with Gasteiger partial charge in [-0.3, -0.25) is 4.79 Å². The Morgan fingerprint density at radius 2 is 1.84 bits per heavy atom. The number of hydrogen-bond acceptors (Lipinski definition) is 2. The van der Waals surface area contributed by atoms with Crippen LogP contribution in [0.5, 0.6) is 0 Å². The van der Waals surface area contributed by atoms with Crippen molar-refractivity contribution in [2.45, 2.75) is 33.1 Å². The fourth-order valence-corrected chi connectivity index (χ4v) is 3.23. The summed E-state index contributed by atoms with van der Waals surface area (Å²) in [4.78, 5) is 14.6. The summed E-state index contributed by atoms with van der Waals surface area (Å²) < 4.78 is 0.978. The smallest absolute Gasteiger partial charge is 0.203 e. The molecule has 0 radical (unpaired) electrons. The average Bonchev–Trinajstić information content (AvgIpc) is 2.81. The first-order valence-corrected chi connectivity index (χ1v) is 7.82. The summed E-state index contributed by atoms with van der Waals surface area (Å²) in [5.74, 6) is 0.110. The molecule has 0 fully saturated rings. The number of ketones is 1. The molecule has 0 saturated heterocycles. The molecule has 2 aromatic rings. The van der Waals surface area contributed by atoms with Gasteiger partial charge in [0.2, 0.25) is 5.78 Å². The molecule has 1 nitrogen and oxygen atoms in total. The van der Waals surface area contributed by atoms with Crippen molar-refractivity contribution < 1.29 is 4.79 Å². The molecular weight excluding hydrogens is 320 g/mol. The van der Waals surface area contributed by atoms with Gasteiger partial charge in [0.15, 0.2) is 0 Å². The molecular formula is C16H17BrOS. The van der Waals surface area contributed by atoms with Crippen molar-refractivity contribution in [3.8, 4) is 0 Å². The minimum absolute atomic E-state index is 0.0928. The summed E-state index contributed by atoms with van der Waals surface area (Å²) in [5.41, 5.74) is 1.87. The van der Waals surface area contributed by atoms with Gasteiger partial charge in [-0.1, -0.05) is 48.8 Å². The van der Waals surface area contributed by atoms with Gasteiger partial charge in [-0.2, -0.15) is 0 Å². The summed E-state index contributed by atoms with van der Waals surface area (Å²) in [6, 6.07) is 9.75. The Kier molecular flexibility index (Phi) is 3.98. The highest BCUT2D eigenvalue weighted by Gasteiger charge is 2.20. The normalized spacial score (nSPS) is 11.6. The average molecular weight is 337 g/mol. The van der Waals surface area contributed by atoms with Crippen molar-refractivity contribution in [2.75, 3.05) is 0 Å². The van der Waals surface area contributed by atoms with Gasteiger partial charge in [-0.15, -0.1) is 11.3 Å². The minimum Gasteiger partial charge on any atom is -0.288 e. The maximum Gasteiger partial charge on any atom is 0.203 e. The van der Waals surface area contributed by atoms with Gasteiger partial charge in [0.05, 0.1) is 4.88 Å². The number of carbonyl (C=O) groups excluding carboxylic acids is 1. The molecule has 3 heteroatoms. The van der Waals surface area contributed by atoms with Crippen molar-refractivity contribution in [2.24, 2.45) is 0 Å². The Hall–Kier alpha value is -0.930. The molecule has 19 heavy (non-hydrogen) atoms. The van der Waals surface area contributed by atoms with E-state index in [1.165, 1.54) is 4.88 Å². The second kappa shape index (κ2) is 5.22. The van der Waals surface area contributed by atoms with Crippen LogP contribution in [0.4, 0.5) is 0 Å². The van der Waals surface area contributed by atoms with Crippen LogP contribution in [0.2, 0.25) is 0 Å². The molecule has 0 unspecified atom stereocenters. The van der Waals surface area contributed by atoms with E-state index in [1.54, 1.807) is 11.3 Å². The molecule has 100 valence electrons. The van der Waals surface area contributed by atoms with E-state index >= 15 is 0 Å².